The number of fused-ring (bicyclic) bond motifs is 1. The molecule has 0 bridgehead atoms. The lowest BCUT2D eigenvalue weighted by atomic mass is 9.92. The molecule has 0 N–H and O–H groups in total. The Morgan fingerprint density at radius 2 is 1.45 bits per heavy atom. The topological polar surface area (TPSA) is 0 Å². The summed E-state index contributed by atoms with van der Waals surface area (Å²) in [6.45, 7) is 4.59. The average Bonchev–Trinajstić information content (AvgIpc) is 2.21. The molecular formula is C11H16. The predicted octanol–water partition coefficient (Wildman–Crippen LogP) is 3.45. The van der Waals surface area contributed by atoms with Gasteiger partial charge in [0.1, 0.15) is 0 Å². The molecule has 11 heavy (non-hydrogen) atoms. The van der Waals surface area contributed by atoms with Gasteiger partial charge in [-0.25, -0.2) is 0 Å². The maximum absolute atomic E-state index is 2.45. The van der Waals surface area contributed by atoms with Gasteiger partial charge in [0.2, 0.25) is 0 Å². The first kappa shape index (κ1) is 7.15. The predicted molar refractivity (Wildman–Crippen MR) is 48.4 cm³/mol. The molecule has 1 fully saturated rings. The summed E-state index contributed by atoms with van der Waals surface area (Å²) in [6, 6.07) is 0. The minimum Gasteiger partial charge on any atom is -0.0716 e. The fourth-order valence-corrected chi connectivity index (χ4v) is 2.22. The normalized spacial score (nSPS) is 27.5. The molecule has 2 aliphatic carbocycles. The minimum atomic E-state index is 0.356. The first-order valence-corrected chi connectivity index (χ1v) is 4.61. The lowest BCUT2D eigenvalue weighted by molar-refractivity contribution is 0.632. The molecule has 0 heterocycles. The van der Waals surface area contributed by atoms with E-state index in [-0.39, 0.29) is 0 Å². The van der Waals surface area contributed by atoms with E-state index in [0.29, 0.717) is 5.41 Å². The summed E-state index contributed by atoms with van der Waals surface area (Å²) in [5.41, 5.74) is 3.64. The third kappa shape index (κ3) is 1.26. The summed E-state index contributed by atoms with van der Waals surface area (Å²) >= 11 is 0. The summed E-state index contributed by atoms with van der Waals surface area (Å²) in [5, 5.41) is 0. The quantitative estimate of drug-likeness (QED) is 0.493. The van der Waals surface area contributed by atoms with Crippen LogP contribution in [0.2, 0.25) is 0 Å². The number of rotatable bonds is 0. The van der Waals surface area contributed by atoms with E-state index in [4.69, 9.17) is 0 Å². The Bertz CT molecular complexity index is 204. The second-order valence-electron chi connectivity index (χ2n) is 4.37. The van der Waals surface area contributed by atoms with Gasteiger partial charge in [0, 0.05) is 5.41 Å². The molecule has 0 saturated heterocycles. The molecule has 0 heteroatoms. The molecule has 2 rings (SSSR count). The molecule has 2 aliphatic rings. The van der Waals surface area contributed by atoms with E-state index < -0.39 is 0 Å². The van der Waals surface area contributed by atoms with Crippen molar-refractivity contribution in [2.75, 3.05) is 0 Å². The minimum absolute atomic E-state index is 0.356. The fourth-order valence-electron chi connectivity index (χ4n) is 2.22. The van der Waals surface area contributed by atoms with E-state index >= 15 is 0 Å². The second kappa shape index (κ2) is 2.23. The van der Waals surface area contributed by atoms with Gasteiger partial charge in [-0.15, -0.1) is 0 Å². The molecule has 0 amide bonds. The first-order chi connectivity index (χ1) is 5.17. The van der Waals surface area contributed by atoms with Gasteiger partial charge in [-0.2, -0.15) is 0 Å². The Labute approximate surface area is 69.0 Å². The van der Waals surface area contributed by atoms with Crippen molar-refractivity contribution >= 4 is 0 Å². The monoisotopic (exact) mass is 148 g/mol. The molecule has 0 unspecified atom stereocenters. The van der Waals surface area contributed by atoms with Crippen molar-refractivity contribution in [1.82, 2.24) is 0 Å². The van der Waals surface area contributed by atoms with Gasteiger partial charge in [0.25, 0.3) is 0 Å². The van der Waals surface area contributed by atoms with Gasteiger partial charge in [-0.05, 0) is 36.8 Å². The molecule has 0 aromatic rings. The molecule has 0 nitrogen and oxygen atoms in total. The third-order valence-corrected chi connectivity index (χ3v) is 2.65. The Hall–Kier alpha value is -0.520. The Morgan fingerprint density at radius 1 is 1.00 bits per heavy atom. The highest BCUT2D eigenvalue weighted by atomic mass is 14.3. The zero-order valence-electron chi connectivity index (χ0n) is 7.48. The van der Waals surface area contributed by atoms with E-state index in [1.54, 1.807) is 11.1 Å². The zero-order chi connectivity index (χ0) is 7.90. The van der Waals surface area contributed by atoms with Crippen molar-refractivity contribution in [1.29, 1.82) is 0 Å². The van der Waals surface area contributed by atoms with Crippen molar-refractivity contribution in [3.05, 3.63) is 23.3 Å². The maximum atomic E-state index is 2.45. The van der Waals surface area contributed by atoms with Gasteiger partial charge in [-0.1, -0.05) is 26.0 Å². The van der Waals surface area contributed by atoms with Crippen molar-refractivity contribution in [3.8, 4) is 0 Å². The van der Waals surface area contributed by atoms with Gasteiger partial charge in [0.05, 0.1) is 0 Å². The van der Waals surface area contributed by atoms with Crippen LogP contribution in [0.3, 0.4) is 0 Å². The Kier molecular flexibility index (Phi) is 1.45. The van der Waals surface area contributed by atoms with Crippen LogP contribution in [-0.4, -0.2) is 0 Å². The average molecular weight is 148 g/mol. The van der Waals surface area contributed by atoms with Gasteiger partial charge in [0.15, 0.2) is 0 Å². The summed E-state index contributed by atoms with van der Waals surface area (Å²) in [5.74, 6) is 0. The van der Waals surface area contributed by atoms with Crippen LogP contribution in [0.15, 0.2) is 23.3 Å². The van der Waals surface area contributed by atoms with Crippen LogP contribution in [0.5, 0.6) is 0 Å². The molecule has 0 aromatic heterocycles. The van der Waals surface area contributed by atoms with Crippen LogP contribution < -0.4 is 0 Å². The lowest BCUT2D eigenvalue weighted by Gasteiger charge is -2.13. The SMILES string of the molecule is CC1(C)C=C2CCCCC2=C1. The maximum Gasteiger partial charge on any atom is 0.00162 e. The second-order valence-corrected chi connectivity index (χ2v) is 4.37. The van der Waals surface area contributed by atoms with Crippen LogP contribution in [0.25, 0.3) is 0 Å². The fraction of sp³-hybridized carbons (Fsp3) is 0.636. The van der Waals surface area contributed by atoms with E-state index in [1.807, 2.05) is 0 Å². The molecule has 0 spiro atoms. The molecule has 60 valence electrons. The highest BCUT2D eigenvalue weighted by Gasteiger charge is 2.24. The zero-order valence-corrected chi connectivity index (χ0v) is 7.48. The van der Waals surface area contributed by atoms with Crippen molar-refractivity contribution in [3.63, 3.8) is 0 Å². The van der Waals surface area contributed by atoms with Crippen LogP contribution in [0.4, 0.5) is 0 Å². The summed E-state index contributed by atoms with van der Waals surface area (Å²) in [7, 11) is 0. The smallest absolute Gasteiger partial charge is 0.00162 e. The van der Waals surface area contributed by atoms with E-state index in [0.717, 1.165) is 0 Å². The first-order valence-electron chi connectivity index (χ1n) is 4.61. The van der Waals surface area contributed by atoms with E-state index in [1.165, 1.54) is 25.7 Å². The summed E-state index contributed by atoms with van der Waals surface area (Å²) in [4.78, 5) is 0. The molecular weight excluding hydrogens is 132 g/mol. The Balaban J connectivity index is 2.31. The van der Waals surface area contributed by atoms with Gasteiger partial charge in [-0.3, -0.25) is 0 Å². The highest BCUT2D eigenvalue weighted by molar-refractivity contribution is 5.42. The molecule has 0 radical (unpaired) electrons. The molecule has 0 atom stereocenters. The third-order valence-electron chi connectivity index (χ3n) is 2.65. The summed E-state index contributed by atoms with van der Waals surface area (Å²) in [6.07, 6.45) is 10.4. The van der Waals surface area contributed by atoms with Crippen molar-refractivity contribution in [2.24, 2.45) is 5.41 Å². The van der Waals surface area contributed by atoms with Crippen LogP contribution in [-0.2, 0) is 0 Å². The van der Waals surface area contributed by atoms with Crippen LogP contribution >= 0.6 is 0 Å². The molecule has 1 saturated carbocycles. The van der Waals surface area contributed by atoms with Crippen LogP contribution in [0, 0.1) is 5.41 Å². The number of hydrogen-bond donors (Lipinski definition) is 0. The molecule has 0 aliphatic heterocycles. The summed E-state index contributed by atoms with van der Waals surface area (Å²) < 4.78 is 0. The van der Waals surface area contributed by atoms with Crippen molar-refractivity contribution < 1.29 is 0 Å². The number of hydrogen-bond acceptors (Lipinski definition) is 0. The van der Waals surface area contributed by atoms with Gasteiger partial charge >= 0.3 is 0 Å². The largest absolute Gasteiger partial charge is 0.0716 e. The molecule has 0 aromatic carbocycles. The lowest BCUT2D eigenvalue weighted by Crippen LogP contribution is -1.97. The van der Waals surface area contributed by atoms with Crippen molar-refractivity contribution in [2.45, 2.75) is 39.5 Å². The number of allylic oxidation sites excluding steroid dienone is 4. The Morgan fingerprint density at radius 3 is 1.91 bits per heavy atom. The van der Waals surface area contributed by atoms with Gasteiger partial charge < -0.3 is 0 Å². The standard InChI is InChI=1S/C11H16/c1-11(2)7-9-5-3-4-6-10(9)8-11/h7-8H,3-6H2,1-2H3. The van der Waals surface area contributed by atoms with E-state index in [2.05, 4.69) is 26.0 Å². The highest BCUT2D eigenvalue weighted by Crippen LogP contribution is 2.40. The van der Waals surface area contributed by atoms with Crippen LogP contribution in [0.1, 0.15) is 39.5 Å². The van der Waals surface area contributed by atoms with E-state index in [9.17, 15) is 0 Å².